The van der Waals surface area contributed by atoms with E-state index in [2.05, 4.69) is 10.3 Å². The van der Waals surface area contributed by atoms with Crippen LogP contribution in [0.3, 0.4) is 0 Å². The van der Waals surface area contributed by atoms with Gasteiger partial charge in [0.1, 0.15) is 23.7 Å². The molecule has 1 aromatic carbocycles. The van der Waals surface area contributed by atoms with Gasteiger partial charge < -0.3 is 24.6 Å². The lowest BCUT2D eigenvalue weighted by Gasteiger charge is -2.31. The molecular weight excluding hydrogens is 431 g/mol. The second-order valence-corrected chi connectivity index (χ2v) is 7.85. The van der Waals surface area contributed by atoms with Crippen LogP contribution in [-0.2, 0) is 9.53 Å². The third kappa shape index (κ3) is 6.12. The van der Waals surface area contributed by atoms with Crippen molar-refractivity contribution in [3.05, 3.63) is 47.5 Å². The molecule has 0 aliphatic rings. The highest BCUT2D eigenvalue weighted by atomic mass is 19.1. The van der Waals surface area contributed by atoms with Gasteiger partial charge in [0.25, 0.3) is 5.91 Å². The molecule has 180 valence electrons. The molecule has 0 saturated heterocycles. The zero-order chi connectivity index (χ0) is 24.7. The lowest BCUT2D eigenvalue weighted by molar-refractivity contribution is -0.151. The van der Waals surface area contributed by atoms with E-state index in [9.17, 15) is 19.1 Å². The number of nitrogens with zero attached hydrogens (tertiary/aromatic N) is 1. The van der Waals surface area contributed by atoms with Gasteiger partial charge in [-0.15, -0.1) is 0 Å². The van der Waals surface area contributed by atoms with Gasteiger partial charge in [0.15, 0.2) is 17.2 Å². The predicted molar refractivity (Wildman–Crippen MR) is 120 cm³/mol. The number of benzene rings is 1. The normalized spacial score (nSPS) is 14.5. The number of aromatic hydroxyl groups is 1. The van der Waals surface area contributed by atoms with E-state index in [1.165, 1.54) is 45.5 Å². The summed E-state index contributed by atoms with van der Waals surface area (Å²) < 4.78 is 29.7. The lowest BCUT2D eigenvalue weighted by atomic mass is 9.81. The van der Waals surface area contributed by atoms with Crippen LogP contribution in [0.2, 0.25) is 0 Å². The number of halogens is 1. The number of hydrogen-bond acceptors (Lipinski definition) is 7. The minimum atomic E-state index is -1.01. The number of esters is 1. The molecule has 4 atom stereocenters. The highest BCUT2D eigenvalue weighted by molar-refractivity contribution is 5.97. The average Bonchev–Trinajstić information content (AvgIpc) is 2.79. The number of hydrogen-bond donors (Lipinski definition) is 2. The Hall–Kier alpha value is -3.36. The summed E-state index contributed by atoms with van der Waals surface area (Å²) in [5.41, 5.74) is 0.464. The monoisotopic (exact) mass is 462 g/mol. The van der Waals surface area contributed by atoms with E-state index in [4.69, 9.17) is 14.2 Å². The summed E-state index contributed by atoms with van der Waals surface area (Å²) in [6.45, 7) is 7.25. The first kappa shape index (κ1) is 25.9. The molecule has 1 aromatic heterocycles. The van der Waals surface area contributed by atoms with E-state index in [-0.39, 0.29) is 23.3 Å². The molecule has 2 aromatic rings. The number of amides is 1. The first-order valence-corrected chi connectivity index (χ1v) is 10.7. The van der Waals surface area contributed by atoms with Crippen LogP contribution in [0.1, 0.15) is 56.1 Å². The molecule has 0 aliphatic heterocycles. The summed E-state index contributed by atoms with van der Waals surface area (Å²) in [5, 5.41) is 12.6. The number of methoxy groups -OCH3 is 2. The number of nitrogens with one attached hydrogen (secondary N) is 1. The maximum absolute atomic E-state index is 13.7. The summed E-state index contributed by atoms with van der Waals surface area (Å²) >= 11 is 0. The Morgan fingerprint density at radius 2 is 1.79 bits per heavy atom. The molecule has 0 fully saturated rings. The maximum atomic E-state index is 13.7. The molecule has 2 rings (SSSR count). The van der Waals surface area contributed by atoms with E-state index >= 15 is 0 Å². The van der Waals surface area contributed by atoms with Crippen LogP contribution in [0.25, 0.3) is 0 Å². The van der Waals surface area contributed by atoms with Crippen LogP contribution in [0, 0.1) is 11.7 Å². The Morgan fingerprint density at radius 3 is 2.39 bits per heavy atom. The average molecular weight is 463 g/mol. The minimum absolute atomic E-state index is 0.0867. The molecule has 9 heteroatoms. The molecular formula is C24H31FN2O6. The van der Waals surface area contributed by atoms with Crippen molar-refractivity contribution < 1.29 is 33.3 Å². The van der Waals surface area contributed by atoms with Crippen molar-refractivity contribution in [2.45, 2.75) is 52.2 Å². The van der Waals surface area contributed by atoms with Crippen LogP contribution in [0.4, 0.5) is 4.39 Å². The highest BCUT2D eigenvalue weighted by Gasteiger charge is 2.32. The molecule has 0 bridgehead atoms. The third-order valence-corrected chi connectivity index (χ3v) is 5.64. The Labute approximate surface area is 193 Å². The van der Waals surface area contributed by atoms with Gasteiger partial charge in [0.05, 0.1) is 14.2 Å². The fourth-order valence-corrected chi connectivity index (χ4v) is 3.69. The zero-order valence-corrected chi connectivity index (χ0v) is 19.7. The van der Waals surface area contributed by atoms with Gasteiger partial charge in [-0.25, -0.2) is 14.2 Å². The van der Waals surface area contributed by atoms with Crippen LogP contribution >= 0.6 is 0 Å². The second-order valence-electron chi connectivity index (χ2n) is 7.85. The van der Waals surface area contributed by atoms with Crippen molar-refractivity contribution >= 4 is 11.9 Å². The van der Waals surface area contributed by atoms with E-state index in [1.54, 1.807) is 13.0 Å². The number of aromatic nitrogens is 1. The van der Waals surface area contributed by atoms with Crippen LogP contribution in [0.5, 0.6) is 17.2 Å². The van der Waals surface area contributed by atoms with Gasteiger partial charge >= 0.3 is 5.97 Å². The molecule has 0 spiro atoms. The predicted octanol–water partition coefficient (Wildman–Crippen LogP) is 3.82. The number of rotatable bonds is 10. The van der Waals surface area contributed by atoms with Crippen molar-refractivity contribution in [1.29, 1.82) is 0 Å². The number of carbonyl (C=O) groups excluding carboxylic acids is 2. The lowest BCUT2D eigenvalue weighted by Crippen LogP contribution is -2.42. The van der Waals surface area contributed by atoms with Gasteiger partial charge in [-0.05, 0) is 25.8 Å². The molecule has 1 heterocycles. The van der Waals surface area contributed by atoms with Gasteiger partial charge in [0, 0.05) is 29.8 Å². The van der Waals surface area contributed by atoms with E-state index in [0.717, 1.165) is 12.0 Å². The number of ether oxygens (including phenoxy) is 3. The number of carbonyl (C=O) groups is 2. The van der Waals surface area contributed by atoms with Gasteiger partial charge in [-0.2, -0.15) is 0 Å². The molecule has 1 unspecified atom stereocenters. The van der Waals surface area contributed by atoms with Crippen LogP contribution in [0.15, 0.2) is 30.5 Å². The van der Waals surface area contributed by atoms with Crippen LogP contribution < -0.4 is 14.8 Å². The topological polar surface area (TPSA) is 107 Å². The quantitative estimate of drug-likeness (QED) is 0.517. The van der Waals surface area contributed by atoms with Gasteiger partial charge in [0.2, 0.25) is 0 Å². The molecule has 0 radical (unpaired) electrons. The first-order valence-electron chi connectivity index (χ1n) is 10.7. The zero-order valence-electron chi connectivity index (χ0n) is 19.7. The van der Waals surface area contributed by atoms with Crippen molar-refractivity contribution in [3.8, 4) is 17.2 Å². The van der Waals surface area contributed by atoms with Crippen molar-refractivity contribution in [2.75, 3.05) is 14.2 Å². The SMILES string of the molecule is CCC(C)[C@H](c1ccc(F)cc1OC)[C@H](C)OC(=O)[C@H](C)NC(=O)c1nccc(OC)c1O. The summed E-state index contributed by atoms with van der Waals surface area (Å²) in [5.74, 6) is -1.96. The first-order chi connectivity index (χ1) is 15.6. The maximum Gasteiger partial charge on any atom is 0.328 e. The Balaban J connectivity index is 2.17. The Kier molecular flexibility index (Phi) is 9.02. The third-order valence-electron chi connectivity index (χ3n) is 5.64. The summed E-state index contributed by atoms with van der Waals surface area (Å²) in [6.07, 6.45) is 1.51. The molecule has 0 aliphatic carbocycles. The van der Waals surface area contributed by atoms with Gasteiger partial charge in [-0.3, -0.25) is 4.79 Å². The number of pyridine rings is 1. The largest absolute Gasteiger partial charge is 0.503 e. The molecule has 8 nitrogen and oxygen atoms in total. The van der Waals surface area contributed by atoms with Crippen LogP contribution in [-0.4, -0.2) is 48.3 Å². The Bertz CT molecular complexity index is 983. The van der Waals surface area contributed by atoms with E-state index in [1.807, 2.05) is 13.8 Å². The molecule has 33 heavy (non-hydrogen) atoms. The molecule has 2 N–H and O–H groups in total. The smallest absolute Gasteiger partial charge is 0.328 e. The fourth-order valence-electron chi connectivity index (χ4n) is 3.69. The molecule has 1 amide bonds. The van der Waals surface area contributed by atoms with Gasteiger partial charge in [-0.1, -0.05) is 26.3 Å². The van der Waals surface area contributed by atoms with E-state index < -0.39 is 35.6 Å². The highest BCUT2D eigenvalue weighted by Crippen LogP contribution is 2.37. The summed E-state index contributed by atoms with van der Waals surface area (Å²) in [7, 11) is 2.81. The minimum Gasteiger partial charge on any atom is -0.503 e. The second kappa shape index (κ2) is 11.5. The van der Waals surface area contributed by atoms with Crippen molar-refractivity contribution in [3.63, 3.8) is 0 Å². The summed E-state index contributed by atoms with van der Waals surface area (Å²) in [6, 6.07) is 4.68. The fraction of sp³-hybridized carbons (Fsp3) is 0.458. The Morgan fingerprint density at radius 1 is 1.12 bits per heavy atom. The van der Waals surface area contributed by atoms with Crippen molar-refractivity contribution in [2.24, 2.45) is 5.92 Å². The van der Waals surface area contributed by atoms with E-state index in [0.29, 0.717) is 5.75 Å². The van der Waals surface area contributed by atoms with Crippen molar-refractivity contribution in [1.82, 2.24) is 10.3 Å². The standard InChI is InChI=1S/C24H31FN2O6/c1-7-13(2)20(17-9-8-16(25)12-19(17)32-6)15(4)33-24(30)14(3)27-23(29)21-22(28)18(31-5)10-11-26-21/h8-15,20,28H,7H2,1-6H3,(H,27,29)/t13?,14-,15-,20-/m0/s1. The molecule has 0 saturated carbocycles. The summed E-state index contributed by atoms with van der Waals surface area (Å²) in [4.78, 5) is 29.1.